The third-order valence-corrected chi connectivity index (χ3v) is 3.10. The summed E-state index contributed by atoms with van der Waals surface area (Å²) in [6, 6.07) is 9.88. The molecule has 0 radical (unpaired) electrons. The Bertz CT molecular complexity index is 610. The number of benzene rings is 1. The van der Waals surface area contributed by atoms with E-state index in [9.17, 15) is 4.39 Å². The molecule has 2 nitrogen and oxygen atoms in total. The summed E-state index contributed by atoms with van der Waals surface area (Å²) in [6.45, 7) is 5.47. The average molecular weight is 268 g/mol. The van der Waals surface area contributed by atoms with Crippen molar-refractivity contribution < 1.29 is 4.39 Å². The summed E-state index contributed by atoms with van der Waals surface area (Å²) in [6.07, 6.45) is 8.05. The molecule has 102 valence electrons. The first kappa shape index (κ1) is 14.0. The van der Waals surface area contributed by atoms with Crippen LogP contribution in [0.1, 0.15) is 24.1 Å². The van der Waals surface area contributed by atoms with E-state index in [4.69, 9.17) is 0 Å². The molecule has 1 unspecified atom stereocenters. The fourth-order valence-electron chi connectivity index (χ4n) is 2.11. The van der Waals surface area contributed by atoms with Crippen LogP contribution in [0.5, 0.6) is 0 Å². The van der Waals surface area contributed by atoms with Gasteiger partial charge in [0, 0.05) is 6.20 Å². The minimum absolute atomic E-state index is 0.134. The van der Waals surface area contributed by atoms with Crippen LogP contribution in [-0.4, -0.2) is 9.97 Å². The molecule has 0 bridgehead atoms. The minimum Gasteiger partial charge on any atom is -0.351 e. The van der Waals surface area contributed by atoms with E-state index in [0.29, 0.717) is 0 Å². The monoisotopic (exact) mass is 268 g/mol. The van der Waals surface area contributed by atoms with Gasteiger partial charge < -0.3 is 4.98 Å². The molecule has 1 aromatic carbocycles. The zero-order valence-corrected chi connectivity index (χ0v) is 11.4. The van der Waals surface area contributed by atoms with Crippen molar-refractivity contribution in [2.24, 2.45) is 0 Å². The molecule has 1 atom stereocenters. The predicted molar refractivity (Wildman–Crippen MR) is 80.0 cm³/mol. The Morgan fingerprint density at radius 1 is 1.35 bits per heavy atom. The maximum absolute atomic E-state index is 13.6. The molecular formula is C17H17FN2. The lowest BCUT2D eigenvalue weighted by Gasteiger charge is -2.16. The highest BCUT2D eigenvalue weighted by atomic mass is 19.1. The van der Waals surface area contributed by atoms with Crippen molar-refractivity contribution in [2.45, 2.75) is 12.8 Å². The van der Waals surface area contributed by atoms with Crippen molar-refractivity contribution in [2.75, 3.05) is 0 Å². The highest BCUT2D eigenvalue weighted by Gasteiger charge is 2.19. The zero-order chi connectivity index (χ0) is 14.4. The third-order valence-electron chi connectivity index (χ3n) is 3.10. The van der Waals surface area contributed by atoms with E-state index in [1.165, 1.54) is 12.2 Å². The zero-order valence-electron chi connectivity index (χ0n) is 11.4. The van der Waals surface area contributed by atoms with Gasteiger partial charge in [-0.15, -0.1) is 0 Å². The van der Waals surface area contributed by atoms with Crippen LogP contribution in [0.3, 0.4) is 0 Å². The van der Waals surface area contributed by atoms with E-state index in [-0.39, 0.29) is 11.7 Å². The topological polar surface area (TPSA) is 28.7 Å². The number of aromatic nitrogens is 2. The Morgan fingerprint density at radius 3 is 2.65 bits per heavy atom. The van der Waals surface area contributed by atoms with Gasteiger partial charge in [0.05, 0.1) is 17.9 Å². The summed E-state index contributed by atoms with van der Waals surface area (Å²) in [5, 5.41) is 0. The lowest BCUT2D eigenvalue weighted by molar-refractivity contribution is 0.662. The summed E-state index contributed by atoms with van der Waals surface area (Å²) in [5.41, 5.74) is 2.67. The van der Waals surface area contributed by atoms with Crippen LogP contribution in [0, 0.1) is 0 Å². The number of nitrogens with one attached hydrogen (secondary N) is 1. The molecule has 0 spiro atoms. The van der Waals surface area contributed by atoms with E-state index < -0.39 is 0 Å². The van der Waals surface area contributed by atoms with E-state index in [1.807, 2.05) is 36.5 Å². The van der Waals surface area contributed by atoms with Gasteiger partial charge >= 0.3 is 0 Å². The first-order valence-electron chi connectivity index (χ1n) is 6.45. The van der Waals surface area contributed by atoms with E-state index in [2.05, 4.69) is 16.5 Å². The van der Waals surface area contributed by atoms with E-state index >= 15 is 0 Å². The van der Waals surface area contributed by atoms with Crippen molar-refractivity contribution >= 4 is 0 Å². The van der Waals surface area contributed by atoms with Crippen LogP contribution < -0.4 is 0 Å². The van der Waals surface area contributed by atoms with Gasteiger partial charge in [0.1, 0.15) is 5.83 Å². The normalized spacial score (nSPS) is 14.1. The first-order valence-corrected chi connectivity index (χ1v) is 6.45. The molecule has 3 heteroatoms. The van der Waals surface area contributed by atoms with Crippen LogP contribution >= 0.6 is 0 Å². The Labute approximate surface area is 118 Å². The molecule has 0 saturated heterocycles. The van der Waals surface area contributed by atoms with Crippen molar-refractivity contribution in [1.29, 1.82) is 0 Å². The molecule has 0 aliphatic heterocycles. The molecule has 0 aliphatic rings. The number of halogens is 1. The third kappa shape index (κ3) is 3.12. The molecular weight excluding hydrogens is 251 g/mol. The lowest BCUT2D eigenvalue weighted by Crippen LogP contribution is -2.04. The fraction of sp³-hybridized carbons (Fsp3) is 0.118. The van der Waals surface area contributed by atoms with Crippen LogP contribution in [0.25, 0.3) is 0 Å². The molecule has 0 fully saturated rings. The standard InChI is InChI=1S/C17H17FN2/c1-3-13(10-15(18)4-2)17(16-11-19-12-20-16)14-8-6-5-7-9-14/h3-12,17H,1H2,2H3,(H,19,20)/b13-10+,15-4+. The smallest absolute Gasteiger partial charge is 0.119 e. The highest BCUT2D eigenvalue weighted by molar-refractivity contribution is 5.43. The Morgan fingerprint density at radius 2 is 2.10 bits per heavy atom. The van der Waals surface area contributed by atoms with Gasteiger partial charge in [-0.2, -0.15) is 0 Å². The quantitative estimate of drug-likeness (QED) is 0.793. The average Bonchev–Trinajstić information content (AvgIpc) is 3.01. The van der Waals surface area contributed by atoms with Crippen LogP contribution in [0.4, 0.5) is 4.39 Å². The second kappa shape index (κ2) is 6.66. The summed E-state index contributed by atoms with van der Waals surface area (Å²) in [5.74, 6) is -0.415. The van der Waals surface area contributed by atoms with Gasteiger partial charge in [-0.25, -0.2) is 9.37 Å². The highest BCUT2D eigenvalue weighted by Crippen LogP contribution is 2.31. The van der Waals surface area contributed by atoms with Crippen molar-refractivity contribution in [3.8, 4) is 0 Å². The second-order valence-corrected chi connectivity index (χ2v) is 4.36. The van der Waals surface area contributed by atoms with Gasteiger partial charge in [0.15, 0.2) is 0 Å². The Hall–Kier alpha value is -2.42. The minimum atomic E-state index is -0.281. The number of allylic oxidation sites excluding steroid dienone is 5. The lowest BCUT2D eigenvalue weighted by atomic mass is 9.88. The number of imidazole rings is 1. The van der Waals surface area contributed by atoms with Gasteiger partial charge in [-0.05, 0) is 24.1 Å². The molecule has 0 amide bonds. The van der Waals surface area contributed by atoms with Gasteiger partial charge in [0.25, 0.3) is 0 Å². The molecule has 20 heavy (non-hydrogen) atoms. The number of hydrogen-bond donors (Lipinski definition) is 1. The second-order valence-electron chi connectivity index (χ2n) is 4.36. The van der Waals surface area contributed by atoms with Crippen LogP contribution in [0.2, 0.25) is 0 Å². The maximum atomic E-state index is 13.6. The number of aromatic amines is 1. The van der Waals surface area contributed by atoms with Crippen LogP contribution in [-0.2, 0) is 0 Å². The summed E-state index contributed by atoms with van der Waals surface area (Å²) in [4.78, 5) is 7.25. The molecule has 1 heterocycles. The fourth-order valence-corrected chi connectivity index (χ4v) is 2.11. The summed E-state index contributed by atoms with van der Waals surface area (Å²) >= 11 is 0. The van der Waals surface area contributed by atoms with Gasteiger partial charge in [0.2, 0.25) is 0 Å². The Kier molecular flexibility index (Phi) is 4.66. The maximum Gasteiger partial charge on any atom is 0.119 e. The number of nitrogens with zero attached hydrogens (tertiary/aromatic N) is 1. The molecule has 1 N–H and O–H groups in total. The van der Waals surface area contributed by atoms with Gasteiger partial charge in [-0.3, -0.25) is 0 Å². The Balaban J connectivity index is 2.52. The first-order chi connectivity index (χ1) is 9.76. The summed E-state index contributed by atoms with van der Waals surface area (Å²) in [7, 11) is 0. The molecule has 1 aromatic heterocycles. The van der Waals surface area contributed by atoms with Crippen molar-refractivity contribution in [1.82, 2.24) is 9.97 Å². The van der Waals surface area contributed by atoms with Crippen molar-refractivity contribution in [3.05, 3.63) is 90.3 Å². The molecule has 0 aliphatic carbocycles. The predicted octanol–water partition coefficient (Wildman–Crippen LogP) is 4.53. The van der Waals surface area contributed by atoms with Crippen LogP contribution in [0.15, 0.2) is 79.1 Å². The number of hydrogen-bond acceptors (Lipinski definition) is 1. The van der Waals surface area contributed by atoms with Gasteiger partial charge in [-0.1, -0.05) is 49.1 Å². The summed E-state index contributed by atoms with van der Waals surface area (Å²) < 4.78 is 13.6. The molecule has 2 aromatic rings. The largest absolute Gasteiger partial charge is 0.351 e. The number of H-pyrrole nitrogens is 1. The van der Waals surface area contributed by atoms with Crippen molar-refractivity contribution in [3.63, 3.8) is 0 Å². The number of rotatable bonds is 5. The van der Waals surface area contributed by atoms with E-state index in [0.717, 1.165) is 16.8 Å². The molecule has 0 saturated carbocycles. The SMILES string of the molecule is C=C/C(=C\C(F)=C/C)C(c1ccccc1)c1c[nH]cn1. The van der Waals surface area contributed by atoms with E-state index in [1.54, 1.807) is 19.3 Å². The molecule has 2 rings (SSSR count).